The Morgan fingerprint density at radius 3 is 2.52 bits per heavy atom. The highest BCUT2D eigenvalue weighted by molar-refractivity contribution is 5.97. The van der Waals surface area contributed by atoms with Crippen molar-refractivity contribution in [1.82, 2.24) is 10.2 Å². The predicted molar refractivity (Wildman–Crippen MR) is 104 cm³/mol. The van der Waals surface area contributed by atoms with Gasteiger partial charge in [-0.3, -0.25) is 9.89 Å². The van der Waals surface area contributed by atoms with Crippen molar-refractivity contribution in [3.63, 3.8) is 0 Å². The molecule has 1 N–H and O–H groups in total. The summed E-state index contributed by atoms with van der Waals surface area (Å²) in [6.07, 6.45) is 2.25. The molecule has 0 atom stereocenters. The van der Waals surface area contributed by atoms with E-state index in [-0.39, 0.29) is 0 Å². The van der Waals surface area contributed by atoms with Crippen molar-refractivity contribution in [3.8, 4) is 0 Å². The summed E-state index contributed by atoms with van der Waals surface area (Å²) in [5, 5.41) is 3.56. The first-order valence-electron chi connectivity index (χ1n) is 9.20. The van der Waals surface area contributed by atoms with E-state index in [4.69, 9.17) is 0 Å². The van der Waals surface area contributed by atoms with Crippen LogP contribution in [0.5, 0.6) is 0 Å². The van der Waals surface area contributed by atoms with Gasteiger partial charge in [-0.15, -0.1) is 0 Å². The molecule has 2 aliphatic heterocycles. The van der Waals surface area contributed by atoms with Gasteiger partial charge in [0.05, 0.1) is 0 Å². The molecule has 2 aliphatic rings. The van der Waals surface area contributed by atoms with Crippen LogP contribution in [0, 0.1) is 0 Å². The Labute approximate surface area is 150 Å². The second-order valence-electron chi connectivity index (χ2n) is 6.80. The number of aliphatic imine (C=N–C) groups is 1. The summed E-state index contributed by atoms with van der Waals surface area (Å²) < 4.78 is 0. The number of fused-ring (bicyclic) bond motifs is 2. The third-order valence-corrected chi connectivity index (χ3v) is 5.28. The van der Waals surface area contributed by atoms with Gasteiger partial charge in [-0.05, 0) is 35.6 Å². The first-order chi connectivity index (χ1) is 12.3. The molecule has 2 aromatic rings. The lowest BCUT2D eigenvalue weighted by Crippen LogP contribution is -2.44. The molecule has 0 radical (unpaired) electrons. The summed E-state index contributed by atoms with van der Waals surface area (Å²) in [7, 11) is 1.88. The molecular formula is C21H26N4. The van der Waals surface area contributed by atoms with Crippen molar-refractivity contribution in [2.24, 2.45) is 4.99 Å². The second kappa shape index (κ2) is 7.28. The lowest BCUT2D eigenvalue weighted by atomic mass is 10.00. The normalized spacial score (nSPS) is 17.3. The first kappa shape index (κ1) is 16.2. The van der Waals surface area contributed by atoms with E-state index in [0.29, 0.717) is 0 Å². The minimum Gasteiger partial charge on any atom is -0.355 e. The second-order valence-corrected chi connectivity index (χ2v) is 6.80. The maximum atomic E-state index is 4.50. The van der Waals surface area contributed by atoms with Crippen molar-refractivity contribution >= 4 is 11.6 Å². The third kappa shape index (κ3) is 3.40. The topological polar surface area (TPSA) is 30.9 Å². The zero-order chi connectivity index (χ0) is 17.1. The number of guanidine groups is 1. The molecule has 4 heteroatoms. The lowest BCUT2D eigenvalue weighted by molar-refractivity contribution is 0.258. The molecule has 0 aliphatic carbocycles. The molecule has 2 aromatic carbocycles. The van der Waals surface area contributed by atoms with Crippen LogP contribution in [0.2, 0.25) is 0 Å². The smallest absolute Gasteiger partial charge is 0.198 e. The van der Waals surface area contributed by atoms with E-state index in [1.807, 2.05) is 7.05 Å². The molecule has 0 spiro atoms. The van der Waals surface area contributed by atoms with Crippen LogP contribution >= 0.6 is 0 Å². The maximum absolute atomic E-state index is 4.50. The van der Waals surface area contributed by atoms with E-state index in [0.717, 1.165) is 51.5 Å². The van der Waals surface area contributed by atoms with Gasteiger partial charge in [0.1, 0.15) is 0 Å². The van der Waals surface area contributed by atoms with Crippen LogP contribution in [0.1, 0.15) is 16.7 Å². The van der Waals surface area contributed by atoms with E-state index in [1.54, 1.807) is 0 Å². The predicted octanol–water partition coefficient (Wildman–Crippen LogP) is 2.68. The van der Waals surface area contributed by atoms with Gasteiger partial charge in [-0.25, -0.2) is 0 Å². The molecule has 0 amide bonds. The average Bonchev–Trinajstić information content (AvgIpc) is 3.09. The number of benzene rings is 2. The molecule has 0 bridgehead atoms. The van der Waals surface area contributed by atoms with Crippen LogP contribution in [0.4, 0.5) is 5.69 Å². The fraction of sp³-hybridized carbons (Fsp3) is 0.381. The SMILES string of the molecule is CN=C(NCCN1CCc2ccccc2C1)N1CCc2ccccc21. The fourth-order valence-electron chi connectivity index (χ4n) is 3.92. The van der Waals surface area contributed by atoms with E-state index >= 15 is 0 Å². The number of anilines is 1. The monoisotopic (exact) mass is 334 g/mol. The Balaban J connectivity index is 1.33. The van der Waals surface area contributed by atoms with E-state index in [9.17, 15) is 0 Å². The highest BCUT2D eigenvalue weighted by atomic mass is 15.3. The molecular weight excluding hydrogens is 308 g/mol. The van der Waals surface area contributed by atoms with Crippen LogP contribution in [-0.4, -0.2) is 44.1 Å². The molecule has 0 saturated carbocycles. The lowest BCUT2D eigenvalue weighted by Gasteiger charge is -2.29. The Bertz CT molecular complexity index is 768. The summed E-state index contributed by atoms with van der Waals surface area (Å²) in [5.41, 5.74) is 5.70. The molecule has 4 nitrogen and oxygen atoms in total. The standard InChI is InChI=1S/C21H26N4/c1-22-21(25-14-11-18-7-4-5-9-20(18)25)23-12-15-24-13-10-17-6-2-3-8-19(17)16-24/h2-9H,10-16H2,1H3,(H,22,23). The number of para-hydroxylation sites is 1. The Hall–Kier alpha value is -2.33. The van der Waals surface area contributed by atoms with Crippen LogP contribution in [-0.2, 0) is 19.4 Å². The fourth-order valence-corrected chi connectivity index (χ4v) is 3.92. The quantitative estimate of drug-likeness (QED) is 0.692. The van der Waals surface area contributed by atoms with Crippen LogP contribution in [0.15, 0.2) is 53.5 Å². The van der Waals surface area contributed by atoms with Gasteiger partial charge >= 0.3 is 0 Å². The largest absolute Gasteiger partial charge is 0.355 e. The van der Waals surface area contributed by atoms with E-state index in [1.165, 1.54) is 22.4 Å². The number of nitrogens with zero attached hydrogens (tertiary/aromatic N) is 3. The van der Waals surface area contributed by atoms with Gasteiger partial charge < -0.3 is 10.2 Å². The van der Waals surface area contributed by atoms with Crippen molar-refractivity contribution in [1.29, 1.82) is 0 Å². The van der Waals surface area contributed by atoms with Crippen LogP contribution in [0.3, 0.4) is 0 Å². The summed E-state index contributed by atoms with van der Waals surface area (Å²) in [5.74, 6) is 0.988. The summed E-state index contributed by atoms with van der Waals surface area (Å²) in [6.45, 7) is 5.18. The Morgan fingerprint density at radius 2 is 1.68 bits per heavy atom. The van der Waals surface area contributed by atoms with Gasteiger partial charge in [0, 0.05) is 45.5 Å². The van der Waals surface area contributed by atoms with Crippen molar-refractivity contribution in [3.05, 3.63) is 65.2 Å². The maximum Gasteiger partial charge on any atom is 0.198 e. The zero-order valence-electron chi connectivity index (χ0n) is 14.9. The van der Waals surface area contributed by atoms with E-state index in [2.05, 4.69) is 68.6 Å². The molecule has 0 fully saturated rings. The van der Waals surface area contributed by atoms with Gasteiger partial charge in [0.2, 0.25) is 0 Å². The minimum absolute atomic E-state index is 0.924. The molecule has 0 aromatic heterocycles. The highest BCUT2D eigenvalue weighted by Crippen LogP contribution is 2.27. The molecule has 4 rings (SSSR count). The average molecular weight is 334 g/mol. The number of hydrogen-bond donors (Lipinski definition) is 1. The Kier molecular flexibility index (Phi) is 4.70. The van der Waals surface area contributed by atoms with Crippen molar-refractivity contribution in [2.75, 3.05) is 38.1 Å². The van der Waals surface area contributed by atoms with Crippen molar-refractivity contribution in [2.45, 2.75) is 19.4 Å². The van der Waals surface area contributed by atoms with Gasteiger partial charge in [-0.1, -0.05) is 42.5 Å². The summed E-state index contributed by atoms with van der Waals surface area (Å²) >= 11 is 0. The van der Waals surface area contributed by atoms with E-state index < -0.39 is 0 Å². The van der Waals surface area contributed by atoms with Gasteiger partial charge in [-0.2, -0.15) is 0 Å². The van der Waals surface area contributed by atoms with Crippen LogP contribution < -0.4 is 10.2 Å². The summed E-state index contributed by atoms with van der Waals surface area (Å²) in [6, 6.07) is 17.4. The highest BCUT2D eigenvalue weighted by Gasteiger charge is 2.22. The Morgan fingerprint density at radius 1 is 0.960 bits per heavy atom. The summed E-state index contributed by atoms with van der Waals surface area (Å²) in [4.78, 5) is 9.34. The molecule has 130 valence electrons. The van der Waals surface area contributed by atoms with Crippen molar-refractivity contribution < 1.29 is 0 Å². The first-order valence-corrected chi connectivity index (χ1v) is 9.20. The van der Waals surface area contributed by atoms with Gasteiger partial charge in [0.25, 0.3) is 0 Å². The number of hydrogen-bond acceptors (Lipinski definition) is 2. The molecule has 0 unspecified atom stereocenters. The third-order valence-electron chi connectivity index (χ3n) is 5.28. The van der Waals surface area contributed by atoms with Crippen LogP contribution in [0.25, 0.3) is 0 Å². The number of nitrogens with one attached hydrogen (secondary N) is 1. The van der Waals surface area contributed by atoms with Gasteiger partial charge in [0.15, 0.2) is 5.96 Å². The molecule has 2 heterocycles. The zero-order valence-corrected chi connectivity index (χ0v) is 14.9. The molecule has 0 saturated heterocycles. The number of rotatable bonds is 3. The minimum atomic E-state index is 0.924. The molecule has 25 heavy (non-hydrogen) atoms.